The summed E-state index contributed by atoms with van der Waals surface area (Å²) in [6.45, 7) is 2.47. The quantitative estimate of drug-likeness (QED) is 0.768. The first-order chi connectivity index (χ1) is 8.26. The number of aromatic nitrogens is 2. The average molecular weight is 230 g/mol. The fraction of sp³-hybridized carbons (Fsp3) is 0.667. The molecule has 1 N–H and O–H groups in total. The molecule has 17 heavy (non-hydrogen) atoms. The van der Waals surface area contributed by atoms with Crippen LogP contribution in [-0.4, -0.2) is 9.97 Å². The first-order valence-corrected chi connectivity index (χ1v) is 6.95. The molecule has 2 nitrogen and oxygen atoms in total. The first kappa shape index (κ1) is 11.1. The molecule has 0 bridgehead atoms. The minimum absolute atomic E-state index is 0.542. The molecule has 0 aromatic carbocycles. The third kappa shape index (κ3) is 2.18. The van der Waals surface area contributed by atoms with Crippen LogP contribution in [0.3, 0.4) is 0 Å². The van der Waals surface area contributed by atoms with Gasteiger partial charge in [-0.3, -0.25) is 0 Å². The molecule has 0 radical (unpaired) electrons. The van der Waals surface area contributed by atoms with Gasteiger partial charge in [0.15, 0.2) is 0 Å². The van der Waals surface area contributed by atoms with Crippen molar-refractivity contribution in [3.8, 4) is 0 Å². The summed E-state index contributed by atoms with van der Waals surface area (Å²) in [6, 6.07) is 0. The van der Waals surface area contributed by atoms with E-state index in [2.05, 4.69) is 23.0 Å². The summed E-state index contributed by atoms with van der Waals surface area (Å²) in [5.74, 6) is 0.722. The predicted molar refractivity (Wildman–Crippen MR) is 69.7 cm³/mol. The molecule has 2 atom stereocenters. The van der Waals surface area contributed by atoms with Gasteiger partial charge in [0.05, 0.1) is 12.0 Å². The normalized spacial score (nSPS) is 33.0. The molecular formula is C15H22N2. The molecule has 1 fully saturated rings. The van der Waals surface area contributed by atoms with E-state index in [1.54, 1.807) is 11.9 Å². The Hall–Kier alpha value is -1.05. The average Bonchev–Trinajstić information content (AvgIpc) is 2.82. The summed E-state index contributed by atoms with van der Waals surface area (Å²) in [5, 5.41) is 0. The Morgan fingerprint density at radius 2 is 2.35 bits per heavy atom. The molecule has 2 aliphatic rings. The Bertz CT molecular complexity index is 405. The highest BCUT2D eigenvalue weighted by atomic mass is 14.9. The standard InChI is InChI=1S/C15H22N2/c1-15-6-3-2-4-13(15)8-12(5-7-15)9-14-10-16-11-17-14/h8,10-12H,2-7,9H2,1H3,(H,16,17)/t12-,15-/m0/s1. The van der Waals surface area contributed by atoms with E-state index >= 15 is 0 Å². The number of hydrogen-bond acceptors (Lipinski definition) is 1. The van der Waals surface area contributed by atoms with Gasteiger partial charge in [-0.15, -0.1) is 0 Å². The maximum absolute atomic E-state index is 4.35. The van der Waals surface area contributed by atoms with Crippen LogP contribution in [-0.2, 0) is 6.42 Å². The second-order valence-electron chi connectivity index (χ2n) is 6.02. The Labute approximate surface area is 104 Å². The number of nitrogens with one attached hydrogen (secondary N) is 1. The fourth-order valence-corrected chi connectivity index (χ4v) is 3.57. The topological polar surface area (TPSA) is 28.7 Å². The van der Waals surface area contributed by atoms with Crippen LogP contribution in [0.25, 0.3) is 0 Å². The Kier molecular flexibility index (Phi) is 2.81. The highest BCUT2D eigenvalue weighted by molar-refractivity contribution is 5.21. The molecule has 2 aliphatic carbocycles. The van der Waals surface area contributed by atoms with Gasteiger partial charge in [0.25, 0.3) is 0 Å². The van der Waals surface area contributed by atoms with E-state index < -0.39 is 0 Å². The van der Waals surface area contributed by atoms with Gasteiger partial charge in [-0.05, 0) is 49.9 Å². The number of nitrogens with zero attached hydrogens (tertiary/aromatic N) is 1. The number of H-pyrrole nitrogens is 1. The Morgan fingerprint density at radius 1 is 1.41 bits per heavy atom. The second-order valence-corrected chi connectivity index (χ2v) is 6.02. The van der Waals surface area contributed by atoms with Crippen molar-refractivity contribution in [2.75, 3.05) is 0 Å². The van der Waals surface area contributed by atoms with Crippen LogP contribution in [0, 0.1) is 11.3 Å². The van der Waals surface area contributed by atoms with E-state index in [1.807, 2.05) is 6.20 Å². The van der Waals surface area contributed by atoms with Gasteiger partial charge in [0.1, 0.15) is 0 Å². The van der Waals surface area contributed by atoms with Crippen LogP contribution in [0.15, 0.2) is 24.2 Å². The maximum Gasteiger partial charge on any atom is 0.0923 e. The largest absolute Gasteiger partial charge is 0.351 e. The zero-order valence-corrected chi connectivity index (χ0v) is 10.7. The summed E-state index contributed by atoms with van der Waals surface area (Å²) >= 11 is 0. The SMILES string of the molecule is C[C@@]12CCCCC1=C[C@@H](Cc1c[nH]cn1)CC2. The molecule has 1 aromatic rings. The molecule has 92 valence electrons. The molecule has 1 aromatic heterocycles. The lowest BCUT2D eigenvalue weighted by Crippen LogP contribution is -2.28. The van der Waals surface area contributed by atoms with Crippen LogP contribution in [0.2, 0.25) is 0 Å². The molecule has 0 saturated heterocycles. The molecule has 1 heterocycles. The summed E-state index contributed by atoms with van der Waals surface area (Å²) in [7, 11) is 0. The third-order valence-electron chi connectivity index (χ3n) is 4.73. The van der Waals surface area contributed by atoms with Crippen molar-refractivity contribution < 1.29 is 0 Å². The number of rotatable bonds is 2. The maximum atomic E-state index is 4.35. The molecule has 0 spiro atoms. The van der Waals surface area contributed by atoms with Crippen molar-refractivity contribution in [3.05, 3.63) is 29.9 Å². The monoisotopic (exact) mass is 230 g/mol. The lowest BCUT2D eigenvalue weighted by Gasteiger charge is -2.41. The third-order valence-corrected chi connectivity index (χ3v) is 4.73. The van der Waals surface area contributed by atoms with E-state index in [9.17, 15) is 0 Å². The first-order valence-electron chi connectivity index (χ1n) is 6.95. The van der Waals surface area contributed by atoms with Crippen LogP contribution in [0.1, 0.15) is 51.1 Å². The van der Waals surface area contributed by atoms with E-state index in [4.69, 9.17) is 0 Å². The summed E-state index contributed by atoms with van der Waals surface area (Å²) in [5.41, 5.74) is 3.50. The summed E-state index contributed by atoms with van der Waals surface area (Å²) < 4.78 is 0. The van der Waals surface area contributed by atoms with Crippen molar-refractivity contribution in [2.45, 2.75) is 51.9 Å². The van der Waals surface area contributed by atoms with Crippen LogP contribution in [0.4, 0.5) is 0 Å². The summed E-state index contributed by atoms with van der Waals surface area (Å²) in [4.78, 5) is 7.40. The molecule has 1 saturated carbocycles. The molecule has 0 amide bonds. The second kappa shape index (κ2) is 4.32. The zero-order valence-electron chi connectivity index (χ0n) is 10.7. The summed E-state index contributed by atoms with van der Waals surface area (Å²) in [6.07, 6.45) is 15.8. The number of imidazole rings is 1. The predicted octanol–water partition coefficient (Wildman–Crippen LogP) is 3.87. The van der Waals surface area contributed by atoms with Crippen LogP contribution >= 0.6 is 0 Å². The minimum Gasteiger partial charge on any atom is -0.351 e. The van der Waals surface area contributed by atoms with Gasteiger partial charge in [0, 0.05) is 6.20 Å². The van der Waals surface area contributed by atoms with Gasteiger partial charge < -0.3 is 4.98 Å². The lowest BCUT2D eigenvalue weighted by molar-refractivity contribution is 0.241. The van der Waals surface area contributed by atoms with Gasteiger partial charge in [-0.25, -0.2) is 4.98 Å². The van der Waals surface area contributed by atoms with Crippen LogP contribution < -0.4 is 0 Å². The molecule has 0 aliphatic heterocycles. The molecule has 3 rings (SSSR count). The van der Waals surface area contributed by atoms with Gasteiger partial charge in [-0.1, -0.05) is 25.0 Å². The van der Waals surface area contributed by atoms with Crippen molar-refractivity contribution in [3.63, 3.8) is 0 Å². The highest BCUT2D eigenvalue weighted by Crippen LogP contribution is 2.48. The minimum atomic E-state index is 0.542. The van der Waals surface area contributed by atoms with Crippen molar-refractivity contribution >= 4 is 0 Å². The number of allylic oxidation sites excluding steroid dienone is 2. The Balaban J connectivity index is 1.75. The van der Waals surface area contributed by atoms with Gasteiger partial charge in [0.2, 0.25) is 0 Å². The van der Waals surface area contributed by atoms with E-state index in [0.717, 1.165) is 12.3 Å². The van der Waals surface area contributed by atoms with Crippen molar-refractivity contribution in [1.29, 1.82) is 0 Å². The number of fused-ring (bicyclic) bond motifs is 1. The van der Waals surface area contributed by atoms with Gasteiger partial charge >= 0.3 is 0 Å². The molecule has 2 heteroatoms. The lowest BCUT2D eigenvalue weighted by atomic mass is 9.64. The Morgan fingerprint density at radius 3 is 3.18 bits per heavy atom. The smallest absolute Gasteiger partial charge is 0.0923 e. The van der Waals surface area contributed by atoms with Gasteiger partial charge in [-0.2, -0.15) is 0 Å². The van der Waals surface area contributed by atoms with Crippen LogP contribution in [0.5, 0.6) is 0 Å². The van der Waals surface area contributed by atoms with E-state index in [1.165, 1.54) is 44.2 Å². The molecular weight excluding hydrogens is 208 g/mol. The van der Waals surface area contributed by atoms with Crippen molar-refractivity contribution in [1.82, 2.24) is 9.97 Å². The zero-order chi connectivity index (χ0) is 11.7. The van der Waals surface area contributed by atoms with Crippen molar-refractivity contribution in [2.24, 2.45) is 11.3 Å². The number of hydrogen-bond donors (Lipinski definition) is 1. The van der Waals surface area contributed by atoms with E-state index in [-0.39, 0.29) is 0 Å². The number of aromatic amines is 1. The van der Waals surface area contributed by atoms with E-state index in [0.29, 0.717) is 5.41 Å². The molecule has 0 unspecified atom stereocenters. The highest BCUT2D eigenvalue weighted by Gasteiger charge is 2.35. The fourth-order valence-electron chi connectivity index (χ4n) is 3.57.